The van der Waals surface area contributed by atoms with Crippen LogP contribution < -0.4 is 5.73 Å². The summed E-state index contributed by atoms with van der Waals surface area (Å²) in [5.74, 6) is 0.0231. The molecule has 1 fully saturated rings. The molecule has 1 aromatic heterocycles. The highest BCUT2D eigenvalue weighted by Crippen LogP contribution is 2.15. The lowest BCUT2D eigenvalue weighted by atomic mass is 10.1. The van der Waals surface area contributed by atoms with Gasteiger partial charge in [0.2, 0.25) is 0 Å². The summed E-state index contributed by atoms with van der Waals surface area (Å²) < 4.78 is 5.36. The number of pyridine rings is 1. The lowest BCUT2D eigenvalue weighted by molar-refractivity contribution is 0.0388. The van der Waals surface area contributed by atoms with Crippen molar-refractivity contribution in [3.63, 3.8) is 0 Å². The first-order valence-electron chi connectivity index (χ1n) is 6.23. The van der Waals surface area contributed by atoms with Crippen molar-refractivity contribution in [1.29, 1.82) is 5.41 Å². The van der Waals surface area contributed by atoms with Gasteiger partial charge in [0.1, 0.15) is 11.5 Å². The number of hydrogen-bond donors (Lipinski definition) is 2. The van der Waals surface area contributed by atoms with Gasteiger partial charge in [-0.25, -0.2) is 0 Å². The van der Waals surface area contributed by atoms with Crippen LogP contribution in [-0.2, 0) is 11.3 Å². The molecule has 2 rings (SSSR count). The molecule has 0 aliphatic carbocycles. The van der Waals surface area contributed by atoms with Gasteiger partial charge in [0.05, 0.1) is 6.10 Å². The van der Waals surface area contributed by atoms with Gasteiger partial charge in [-0.05, 0) is 30.5 Å². The van der Waals surface area contributed by atoms with Gasteiger partial charge in [-0.2, -0.15) is 0 Å². The fourth-order valence-electron chi connectivity index (χ4n) is 2.28. The van der Waals surface area contributed by atoms with Gasteiger partial charge >= 0.3 is 0 Å². The molecule has 98 valence electrons. The number of piperidine rings is 1. The minimum Gasteiger partial charge on any atom is -0.382 e. The first-order chi connectivity index (χ1) is 8.69. The fourth-order valence-corrected chi connectivity index (χ4v) is 2.28. The fraction of sp³-hybridized carbons (Fsp3) is 0.538. The van der Waals surface area contributed by atoms with Crippen molar-refractivity contribution in [2.45, 2.75) is 25.5 Å². The normalized spacial score (nSPS) is 17.8. The topological polar surface area (TPSA) is 75.2 Å². The van der Waals surface area contributed by atoms with Gasteiger partial charge in [0.15, 0.2) is 0 Å². The van der Waals surface area contributed by atoms with Gasteiger partial charge in [-0.1, -0.05) is 0 Å². The maximum absolute atomic E-state index is 7.39. The third-order valence-electron chi connectivity index (χ3n) is 3.37. The number of nitrogens with zero attached hydrogens (tertiary/aromatic N) is 2. The van der Waals surface area contributed by atoms with Crippen LogP contribution in [-0.4, -0.2) is 42.0 Å². The van der Waals surface area contributed by atoms with E-state index in [4.69, 9.17) is 15.9 Å². The maximum Gasteiger partial charge on any atom is 0.141 e. The predicted octanol–water partition coefficient (Wildman–Crippen LogP) is 0.976. The van der Waals surface area contributed by atoms with Crippen LogP contribution in [0.15, 0.2) is 18.3 Å². The molecule has 0 atom stereocenters. The molecule has 5 nitrogen and oxygen atoms in total. The number of amidine groups is 1. The SMILES string of the molecule is COC1CCN(Cc2ccnc(C(=N)N)c2)CC1. The van der Waals surface area contributed by atoms with Gasteiger partial charge in [0.25, 0.3) is 0 Å². The lowest BCUT2D eigenvalue weighted by Gasteiger charge is -2.31. The number of hydrogen-bond acceptors (Lipinski definition) is 4. The summed E-state index contributed by atoms with van der Waals surface area (Å²) in [5.41, 5.74) is 7.16. The summed E-state index contributed by atoms with van der Waals surface area (Å²) in [6.07, 6.45) is 4.29. The highest BCUT2D eigenvalue weighted by Gasteiger charge is 2.18. The number of nitrogen functional groups attached to an aromatic ring is 1. The zero-order chi connectivity index (χ0) is 13.0. The molecule has 18 heavy (non-hydrogen) atoms. The van der Waals surface area contributed by atoms with Crippen LogP contribution in [0.1, 0.15) is 24.1 Å². The van der Waals surface area contributed by atoms with Crippen LogP contribution >= 0.6 is 0 Å². The summed E-state index contributed by atoms with van der Waals surface area (Å²) in [6, 6.07) is 3.87. The molecule has 0 spiro atoms. The number of rotatable bonds is 4. The number of nitrogens with one attached hydrogen (secondary N) is 1. The van der Waals surface area contributed by atoms with Gasteiger partial charge in [-0.15, -0.1) is 0 Å². The molecule has 0 radical (unpaired) electrons. The van der Waals surface area contributed by atoms with Gasteiger partial charge in [-0.3, -0.25) is 15.3 Å². The average molecular weight is 248 g/mol. The largest absolute Gasteiger partial charge is 0.382 e. The third kappa shape index (κ3) is 3.27. The molecule has 0 bridgehead atoms. The number of nitrogens with two attached hydrogens (primary N) is 1. The lowest BCUT2D eigenvalue weighted by Crippen LogP contribution is -2.36. The van der Waals surface area contributed by atoms with E-state index in [9.17, 15) is 0 Å². The van der Waals surface area contributed by atoms with Crippen molar-refractivity contribution in [2.75, 3.05) is 20.2 Å². The Bertz CT molecular complexity index is 413. The Kier molecular flexibility index (Phi) is 4.28. The van der Waals surface area contributed by atoms with E-state index in [-0.39, 0.29) is 5.84 Å². The molecule has 0 saturated carbocycles. The summed E-state index contributed by atoms with van der Waals surface area (Å²) in [6.45, 7) is 2.99. The average Bonchev–Trinajstić information content (AvgIpc) is 2.40. The minimum absolute atomic E-state index is 0.0231. The Morgan fingerprint density at radius 2 is 2.28 bits per heavy atom. The Hall–Kier alpha value is -1.46. The van der Waals surface area contributed by atoms with Crippen molar-refractivity contribution >= 4 is 5.84 Å². The van der Waals surface area contributed by atoms with Crippen LogP contribution in [0.2, 0.25) is 0 Å². The van der Waals surface area contributed by atoms with Crippen LogP contribution in [0, 0.1) is 5.41 Å². The summed E-state index contributed by atoms with van der Waals surface area (Å²) in [7, 11) is 1.78. The number of aromatic nitrogens is 1. The van der Waals surface area contributed by atoms with E-state index < -0.39 is 0 Å². The Balaban J connectivity index is 1.94. The summed E-state index contributed by atoms with van der Waals surface area (Å²) >= 11 is 0. The third-order valence-corrected chi connectivity index (χ3v) is 3.37. The van der Waals surface area contributed by atoms with Crippen LogP contribution in [0.3, 0.4) is 0 Å². The molecule has 1 aromatic rings. The molecule has 1 saturated heterocycles. The predicted molar refractivity (Wildman–Crippen MR) is 70.6 cm³/mol. The molecule has 1 aliphatic heterocycles. The standard InChI is InChI=1S/C13H20N4O/c1-18-11-3-6-17(7-4-11)9-10-2-5-16-12(8-10)13(14)15/h2,5,8,11H,3-4,6-7,9H2,1H3,(H3,14,15). The van der Waals surface area contributed by atoms with E-state index >= 15 is 0 Å². The monoisotopic (exact) mass is 248 g/mol. The molecular weight excluding hydrogens is 228 g/mol. The second kappa shape index (κ2) is 5.93. The molecule has 5 heteroatoms. The van der Waals surface area contributed by atoms with Gasteiger partial charge < -0.3 is 10.5 Å². The molecule has 2 heterocycles. The van der Waals surface area contributed by atoms with Crippen molar-refractivity contribution in [3.8, 4) is 0 Å². The van der Waals surface area contributed by atoms with E-state index in [2.05, 4.69) is 9.88 Å². The first-order valence-corrected chi connectivity index (χ1v) is 6.23. The van der Waals surface area contributed by atoms with Crippen molar-refractivity contribution in [3.05, 3.63) is 29.6 Å². The Labute approximate surface area is 107 Å². The highest BCUT2D eigenvalue weighted by molar-refractivity contribution is 5.93. The molecule has 0 unspecified atom stereocenters. The van der Waals surface area contributed by atoms with Crippen molar-refractivity contribution < 1.29 is 4.74 Å². The summed E-state index contributed by atoms with van der Waals surface area (Å²) in [4.78, 5) is 6.47. The van der Waals surface area contributed by atoms with E-state index in [1.807, 2.05) is 12.1 Å². The second-order valence-electron chi connectivity index (χ2n) is 4.67. The van der Waals surface area contributed by atoms with E-state index in [0.717, 1.165) is 38.0 Å². The van der Waals surface area contributed by atoms with E-state index in [1.54, 1.807) is 13.3 Å². The van der Waals surface area contributed by atoms with Crippen LogP contribution in [0.25, 0.3) is 0 Å². The minimum atomic E-state index is 0.0231. The maximum atomic E-state index is 7.39. The number of likely N-dealkylation sites (tertiary alicyclic amines) is 1. The van der Waals surface area contributed by atoms with Crippen molar-refractivity contribution in [1.82, 2.24) is 9.88 Å². The summed E-state index contributed by atoms with van der Waals surface area (Å²) in [5, 5.41) is 7.39. The quantitative estimate of drug-likeness (QED) is 0.615. The number of methoxy groups -OCH3 is 1. The highest BCUT2D eigenvalue weighted by atomic mass is 16.5. The van der Waals surface area contributed by atoms with E-state index in [0.29, 0.717) is 11.8 Å². The zero-order valence-corrected chi connectivity index (χ0v) is 10.7. The zero-order valence-electron chi connectivity index (χ0n) is 10.7. The molecule has 1 aliphatic rings. The molecular formula is C13H20N4O. The van der Waals surface area contributed by atoms with Crippen LogP contribution in [0.4, 0.5) is 0 Å². The molecule has 0 aromatic carbocycles. The van der Waals surface area contributed by atoms with Crippen molar-refractivity contribution in [2.24, 2.45) is 5.73 Å². The number of ether oxygens (including phenoxy) is 1. The smallest absolute Gasteiger partial charge is 0.141 e. The van der Waals surface area contributed by atoms with Gasteiger partial charge in [0, 0.05) is 32.9 Å². The second-order valence-corrected chi connectivity index (χ2v) is 4.67. The molecule has 0 amide bonds. The molecule has 3 N–H and O–H groups in total. The Morgan fingerprint density at radius 1 is 1.56 bits per heavy atom. The van der Waals surface area contributed by atoms with E-state index in [1.165, 1.54) is 0 Å². The first kappa shape index (κ1) is 13.0. The Morgan fingerprint density at radius 3 is 2.89 bits per heavy atom. The van der Waals surface area contributed by atoms with Crippen LogP contribution in [0.5, 0.6) is 0 Å².